The van der Waals surface area contributed by atoms with E-state index in [9.17, 15) is 22.8 Å². The molecule has 10 heteroatoms. The van der Waals surface area contributed by atoms with Crippen LogP contribution in [0.15, 0.2) is 53.4 Å². The molecule has 0 aliphatic carbocycles. The van der Waals surface area contributed by atoms with Crippen molar-refractivity contribution in [2.45, 2.75) is 70.0 Å². The Kier molecular flexibility index (Phi) is 9.13. The number of nitrogens with zero attached hydrogens (tertiary/aromatic N) is 2. The molecule has 36 heavy (non-hydrogen) atoms. The summed E-state index contributed by atoms with van der Waals surface area (Å²) in [6, 6.07) is 12.4. The number of carbonyl (C=O) groups is 3. The first-order valence-corrected chi connectivity index (χ1v) is 13.9. The highest BCUT2D eigenvalue weighted by molar-refractivity contribution is 7.90. The molecule has 0 saturated carbocycles. The Morgan fingerprint density at radius 3 is 2.36 bits per heavy atom. The van der Waals surface area contributed by atoms with E-state index in [0.717, 1.165) is 10.7 Å². The van der Waals surface area contributed by atoms with Crippen LogP contribution in [0, 0.1) is 0 Å². The molecule has 2 aromatic rings. The summed E-state index contributed by atoms with van der Waals surface area (Å²) in [4.78, 5) is 40.6. The van der Waals surface area contributed by atoms with E-state index < -0.39 is 22.0 Å². The van der Waals surface area contributed by atoms with Crippen molar-refractivity contribution in [2.75, 3.05) is 6.54 Å². The predicted molar refractivity (Wildman–Crippen MR) is 138 cm³/mol. The maximum atomic E-state index is 13.4. The largest absolute Gasteiger partial charge is 0.352 e. The van der Waals surface area contributed by atoms with Gasteiger partial charge in [0.15, 0.2) is 0 Å². The van der Waals surface area contributed by atoms with E-state index in [1.807, 2.05) is 26.8 Å². The van der Waals surface area contributed by atoms with Gasteiger partial charge in [-0.3, -0.25) is 14.4 Å². The smallest absolute Gasteiger partial charge is 0.269 e. The minimum absolute atomic E-state index is 0.0190. The summed E-state index contributed by atoms with van der Waals surface area (Å²) >= 11 is 6.34. The third-order valence-electron chi connectivity index (χ3n) is 6.35. The van der Waals surface area contributed by atoms with Crippen LogP contribution in [0.3, 0.4) is 0 Å². The molecule has 0 unspecified atom stereocenters. The first kappa shape index (κ1) is 27.7. The Morgan fingerprint density at radius 2 is 1.72 bits per heavy atom. The molecule has 0 fully saturated rings. The Balaban J connectivity index is 1.76. The van der Waals surface area contributed by atoms with Crippen LogP contribution in [0.2, 0.25) is 5.02 Å². The maximum absolute atomic E-state index is 13.4. The number of hydrogen-bond acceptors (Lipinski definition) is 5. The summed E-state index contributed by atoms with van der Waals surface area (Å²) in [6.07, 6.45) is 1.24. The van der Waals surface area contributed by atoms with Gasteiger partial charge in [0.05, 0.1) is 5.56 Å². The topological polar surface area (TPSA) is 104 Å². The number of nitrogens with one attached hydrogen (secondary N) is 1. The number of sulfonamides is 1. The molecule has 1 aliphatic rings. The lowest BCUT2D eigenvalue weighted by Crippen LogP contribution is -2.50. The van der Waals surface area contributed by atoms with Crippen LogP contribution in [0.5, 0.6) is 0 Å². The van der Waals surface area contributed by atoms with Crippen LogP contribution < -0.4 is 5.32 Å². The van der Waals surface area contributed by atoms with Crippen molar-refractivity contribution in [1.82, 2.24) is 14.5 Å². The summed E-state index contributed by atoms with van der Waals surface area (Å²) in [5.41, 5.74) is 0.840. The van der Waals surface area contributed by atoms with Crippen molar-refractivity contribution >= 4 is 39.3 Å². The molecule has 0 saturated heterocycles. The highest BCUT2D eigenvalue weighted by Gasteiger charge is 2.40. The molecule has 0 bridgehead atoms. The zero-order chi connectivity index (χ0) is 26.5. The lowest BCUT2D eigenvalue weighted by atomic mass is 10.1. The van der Waals surface area contributed by atoms with Gasteiger partial charge in [-0.1, -0.05) is 55.8 Å². The third-order valence-corrected chi connectivity index (χ3v) is 8.56. The zero-order valence-corrected chi connectivity index (χ0v) is 22.3. The minimum Gasteiger partial charge on any atom is -0.352 e. The Morgan fingerprint density at radius 1 is 1.06 bits per heavy atom. The normalized spacial score (nSPS) is 15.8. The van der Waals surface area contributed by atoms with Gasteiger partial charge in [0.25, 0.3) is 15.9 Å². The van der Waals surface area contributed by atoms with Gasteiger partial charge in [0, 0.05) is 30.6 Å². The fraction of sp³-hybridized carbons (Fsp3) is 0.423. The number of amides is 3. The highest BCUT2D eigenvalue weighted by Crippen LogP contribution is 2.30. The molecule has 2 atom stereocenters. The molecule has 2 aromatic carbocycles. The molecule has 1 N–H and O–H groups in total. The summed E-state index contributed by atoms with van der Waals surface area (Å²) in [5.74, 6) is -1.16. The molecule has 194 valence electrons. The summed E-state index contributed by atoms with van der Waals surface area (Å²) < 4.78 is 26.4. The average Bonchev–Trinajstić information content (AvgIpc) is 3.05. The van der Waals surface area contributed by atoms with Crippen LogP contribution in [-0.4, -0.2) is 54.0 Å². The van der Waals surface area contributed by atoms with Crippen molar-refractivity contribution in [1.29, 1.82) is 0 Å². The zero-order valence-electron chi connectivity index (χ0n) is 20.7. The number of benzene rings is 2. The number of hydrogen-bond donors (Lipinski definition) is 1. The van der Waals surface area contributed by atoms with Crippen molar-refractivity contribution < 1.29 is 22.8 Å². The summed E-state index contributed by atoms with van der Waals surface area (Å²) in [5, 5.41) is 3.43. The molecule has 0 spiro atoms. The summed E-state index contributed by atoms with van der Waals surface area (Å²) in [6.45, 7) is 5.70. The Hall–Kier alpha value is -2.91. The molecule has 0 radical (unpaired) electrons. The second kappa shape index (κ2) is 11.9. The quantitative estimate of drug-likeness (QED) is 0.470. The number of fused-ring (bicyclic) bond motifs is 1. The fourth-order valence-corrected chi connectivity index (χ4v) is 5.94. The second-order valence-electron chi connectivity index (χ2n) is 8.84. The highest BCUT2D eigenvalue weighted by atomic mass is 35.5. The van der Waals surface area contributed by atoms with E-state index >= 15 is 0 Å². The van der Waals surface area contributed by atoms with E-state index in [1.54, 1.807) is 30.3 Å². The van der Waals surface area contributed by atoms with Crippen LogP contribution in [-0.2, 0) is 26.2 Å². The van der Waals surface area contributed by atoms with Gasteiger partial charge < -0.3 is 10.2 Å². The van der Waals surface area contributed by atoms with E-state index in [1.165, 1.54) is 17.0 Å². The van der Waals surface area contributed by atoms with Crippen LogP contribution in [0.1, 0.15) is 62.4 Å². The van der Waals surface area contributed by atoms with E-state index in [-0.39, 0.29) is 54.2 Å². The monoisotopic (exact) mass is 533 g/mol. The van der Waals surface area contributed by atoms with Crippen molar-refractivity contribution in [3.05, 3.63) is 64.7 Å². The molecule has 8 nitrogen and oxygen atoms in total. The fourth-order valence-electron chi connectivity index (χ4n) is 4.14. The molecule has 3 rings (SSSR count). The SMILES string of the molecule is CC[C@H](C(=O)N[C@@H](C)CC)N(Cc1ccccc1Cl)C(=O)CCCN1C(=O)c2ccccc2S1(=O)=O. The van der Waals surface area contributed by atoms with Gasteiger partial charge in [-0.15, -0.1) is 0 Å². The molecule has 1 aliphatic heterocycles. The third kappa shape index (κ3) is 5.90. The number of halogens is 1. The molecular formula is C26H32ClN3O5S. The Bertz CT molecular complexity index is 1230. The first-order valence-electron chi connectivity index (χ1n) is 12.1. The average molecular weight is 534 g/mol. The first-order chi connectivity index (χ1) is 17.1. The minimum atomic E-state index is -3.94. The second-order valence-corrected chi connectivity index (χ2v) is 11.1. The molecule has 0 aromatic heterocycles. The molecular weight excluding hydrogens is 502 g/mol. The predicted octanol–water partition coefficient (Wildman–Crippen LogP) is 3.99. The van der Waals surface area contributed by atoms with Crippen molar-refractivity contribution in [2.24, 2.45) is 0 Å². The van der Waals surface area contributed by atoms with Crippen molar-refractivity contribution in [3.8, 4) is 0 Å². The van der Waals surface area contributed by atoms with Gasteiger partial charge in [0.1, 0.15) is 10.9 Å². The van der Waals surface area contributed by atoms with E-state index in [2.05, 4.69) is 5.32 Å². The number of rotatable bonds is 11. The van der Waals surface area contributed by atoms with Gasteiger partial charge in [-0.2, -0.15) is 0 Å². The van der Waals surface area contributed by atoms with E-state index in [0.29, 0.717) is 17.0 Å². The lowest BCUT2D eigenvalue weighted by Gasteiger charge is -2.32. The van der Waals surface area contributed by atoms with Crippen LogP contribution in [0.4, 0.5) is 0 Å². The standard InChI is InChI=1S/C26H32ClN3O5S/c1-4-18(3)28-25(32)22(5-2)29(17-19-11-6-8-13-21(19)27)24(31)15-10-16-30-26(33)20-12-7-9-14-23(20)36(30,34)35/h6-9,11-14,18,22H,4-5,10,15-17H2,1-3H3,(H,28,32)/t18-,22+/m0/s1. The lowest BCUT2D eigenvalue weighted by molar-refractivity contribution is -0.141. The van der Waals surface area contributed by atoms with Crippen LogP contribution in [0.25, 0.3) is 0 Å². The maximum Gasteiger partial charge on any atom is 0.269 e. The van der Waals surface area contributed by atoms with Gasteiger partial charge in [0.2, 0.25) is 11.8 Å². The number of carbonyl (C=O) groups excluding carboxylic acids is 3. The Labute approximate surface area is 217 Å². The molecule has 1 heterocycles. The molecule has 3 amide bonds. The van der Waals surface area contributed by atoms with Gasteiger partial charge in [-0.25, -0.2) is 12.7 Å². The summed E-state index contributed by atoms with van der Waals surface area (Å²) in [7, 11) is -3.94. The van der Waals surface area contributed by atoms with E-state index in [4.69, 9.17) is 11.6 Å². The van der Waals surface area contributed by atoms with Crippen LogP contribution >= 0.6 is 11.6 Å². The van der Waals surface area contributed by atoms with Gasteiger partial charge >= 0.3 is 0 Å². The van der Waals surface area contributed by atoms with Crippen molar-refractivity contribution in [3.63, 3.8) is 0 Å². The van der Waals surface area contributed by atoms with Gasteiger partial charge in [-0.05, 0) is 49.9 Å².